The molecule has 0 aromatic carbocycles. The van der Waals surface area contributed by atoms with Crippen LogP contribution < -0.4 is 10.2 Å². The van der Waals surface area contributed by atoms with Gasteiger partial charge < -0.3 is 10.2 Å². The van der Waals surface area contributed by atoms with E-state index < -0.39 is 0 Å². The van der Waals surface area contributed by atoms with Gasteiger partial charge in [0.05, 0.1) is 0 Å². The summed E-state index contributed by atoms with van der Waals surface area (Å²) in [6, 6.07) is 1.89. The molecule has 0 bridgehead atoms. The second kappa shape index (κ2) is 5.66. The van der Waals surface area contributed by atoms with Crippen LogP contribution in [0.2, 0.25) is 0 Å². The second-order valence-electron chi connectivity index (χ2n) is 4.60. The molecule has 1 fully saturated rings. The lowest BCUT2D eigenvalue weighted by Crippen LogP contribution is -2.35. The molecule has 1 saturated heterocycles. The largest absolute Gasteiger partial charge is 0.366 e. The Hall–Kier alpha value is -1.58. The minimum absolute atomic E-state index is 0.729. The first-order valence-electron chi connectivity index (χ1n) is 6.22. The summed E-state index contributed by atoms with van der Waals surface area (Å²) in [6.45, 7) is 8.82. The monoisotopic (exact) mass is 232 g/mol. The summed E-state index contributed by atoms with van der Waals surface area (Å²) in [7, 11) is 0. The van der Waals surface area contributed by atoms with Gasteiger partial charge in [-0.15, -0.1) is 6.58 Å². The van der Waals surface area contributed by atoms with Gasteiger partial charge in [0.15, 0.2) is 0 Å². The minimum atomic E-state index is 0.729. The maximum absolute atomic E-state index is 4.52. The van der Waals surface area contributed by atoms with Gasteiger partial charge in [0, 0.05) is 25.8 Å². The van der Waals surface area contributed by atoms with Crippen LogP contribution in [0.5, 0.6) is 0 Å². The number of aromatic nitrogens is 2. The normalized spacial score (nSPS) is 20.1. The highest BCUT2D eigenvalue weighted by atomic mass is 15.3. The summed E-state index contributed by atoms with van der Waals surface area (Å²) >= 11 is 0. The summed E-state index contributed by atoms with van der Waals surface area (Å²) in [4.78, 5) is 11.1. The zero-order valence-electron chi connectivity index (χ0n) is 10.4. The molecule has 4 nitrogen and oxygen atoms in total. The van der Waals surface area contributed by atoms with Crippen molar-refractivity contribution in [2.45, 2.75) is 19.8 Å². The topological polar surface area (TPSA) is 41.1 Å². The molecule has 0 spiro atoms. The average molecular weight is 232 g/mol. The molecular formula is C13H20N4. The fraction of sp³-hybridized carbons (Fsp3) is 0.538. The molecule has 1 aromatic heterocycles. The van der Waals surface area contributed by atoms with Gasteiger partial charge in [-0.3, -0.25) is 0 Å². The number of nitrogens with zero attached hydrogens (tertiary/aromatic N) is 3. The Labute approximate surface area is 103 Å². The Morgan fingerprint density at radius 2 is 2.53 bits per heavy atom. The highest BCUT2D eigenvalue weighted by molar-refractivity contribution is 5.41. The first kappa shape index (κ1) is 11.9. The molecule has 1 N–H and O–H groups in total. The van der Waals surface area contributed by atoms with Gasteiger partial charge in [0.2, 0.25) is 5.95 Å². The van der Waals surface area contributed by atoms with Crippen LogP contribution in [0.4, 0.5) is 11.8 Å². The van der Waals surface area contributed by atoms with Crippen molar-refractivity contribution in [1.82, 2.24) is 9.97 Å². The number of nitrogens with one attached hydrogen (secondary N) is 1. The van der Waals surface area contributed by atoms with E-state index in [0.29, 0.717) is 0 Å². The van der Waals surface area contributed by atoms with E-state index in [2.05, 4.69) is 33.7 Å². The second-order valence-corrected chi connectivity index (χ2v) is 4.60. The molecule has 1 aromatic rings. The molecular weight excluding hydrogens is 212 g/mol. The van der Waals surface area contributed by atoms with Crippen molar-refractivity contribution in [1.29, 1.82) is 0 Å². The smallest absolute Gasteiger partial charge is 0.227 e. The van der Waals surface area contributed by atoms with Gasteiger partial charge in [-0.1, -0.05) is 13.0 Å². The van der Waals surface area contributed by atoms with Crippen molar-refractivity contribution < 1.29 is 0 Å². The van der Waals surface area contributed by atoms with Crippen LogP contribution in [0.1, 0.15) is 19.8 Å². The van der Waals surface area contributed by atoms with Crippen LogP contribution in [0.15, 0.2) is 24.9 Å². The molecule has 0 aliphatic carbocycles. The predicted octanol–water partition coefficient (Wildman–Crippen LogP) is 2.31. The summed E-state index contributed by atoms with van der Waals surface area (Å²) in [5, 5.41) is 3.19. The van der Waals surface area contributed by atoms with E-state index >= 15 is 0 Å². The Balaban J connectivity index is 2.06. The van der Waals surface area contributed by atoms with Crippen molar-refractivity contribution in [3.05, 3.63) is 24.9 Å². The van der Waals surface area contributed by atoms with E-state index in [9.17, 15) is 0 Å². The Morgan fingerprint density at radius 3 is 3.29 bits per heavy atom. The third-order valence-electron chi connectivity index (χ3n) is 3.01. The molecule has 92 valence electrons. The van der Waals surface area contributed by atoms with E-state index in [1.807, 2.05) is 18.3 Å². The third-order valence-corrected chi connectivity index (χ3v) is 3.01. The molecule has 2 rings (SSSR count). The summed E-state index contributed by atoms with van der Waals surface area (Å²) < 4.78 is 0. The van der Waals surface area contributed by atoms with Crippen LogP contribution in [-0.2, 0) is 0 Å². The van der Waals surface area contributed by atoms with Gasteiger partial charge in [-0.05, 0) is 24.8 Å². The standard InChI is InChI=1S/C13H20N4/c1-3-7-14-12-6-8-15-13(16-12)17-9-4-5-11(2)10-17/h3,6,8,11H,1,4-5,7,9-10H2,2H3,(H,14,15,16). The lowest BCUT2D eigenvalue weighted by molar-refractivity contribution is 0.442. The van der Waals surface area contributed by atoms with Gasteiger partial charge in [0.25, 0.3) is 0 Å². The van der Waals surface area contributed by atoms with Crippen LogP contribution in [-0.4, -0.2) is 29.6 Å². The molecule has 1 atom stereocenters. The number of piperidine rings is 1. The zero-order valence-corrected chi connectivity index (χ0v) is 10.4. The Bertz CT molecular complexity index is 377. The fourth-order valence-corrected chi connectivity index (χ4v) is 2.15. The molecule has 1 aliphatic heterocycles. The lowest BCUT2D eigenvalue weighted by Gasteiger charge is -2.30. The van der Waals surface area contributed by atoms with E-state index in [-0.39, 0.29) is 0 Å². The highest BCUT2D eigenvalue weighted by Crippen LogP contribution is 2.20. The van der Waals surface area contributed by atoms with Gasteiger partial charge in [0.1, 0.15) is 5.82 Å². The Kier molecular flexibility index (Phi) is 3.96. The molecule has 4 heteroatoms. The zero-order chi connectivity index (χ0) is 12.1. The molecule has 2 heterocycles. The number of anilines is 2. The summed E-state index contributed by atoms with van der Waals surface area (Å²) in [5.41, 5.74) is 0. The molecule has 0 amide bonds. The van der Waals surface area contributed by atoms with Gasteiger partial charge in [-0.25, -0.2) is 4.98 Å². The van der Waals surface area contributed by atoms with E-state index in [0.717, 1.165) is 37.3 Å². The predicted molar refractivity (Wildman–Crippen MR) is 71.3 cm³/mol. The average Bonchev–Trinajstić information content (AvgIpc) is 2.37. The van der Waals surface area contributed by atoms with E-state index in [4.69, 9.17) is 0 Å². The maximum atomic E-state index is 4.52. The first-order valence-corrected chi connectivity index (χ1v) is 6.22. The maximum Gasteiger partial charge on any atom is 0.227 e. The summed E-state index contributed by atoms with van der Waals surface area (Å²) in [5.74, 6) is 2.44. The van der Waals surface area contributed by atoms with Crippen molar-refractivity contribution in [3.63, 3.8) is 0 Å². The molecule has 0 radical (unpaired) electrons. The SMILES string of the molecule is C=CCNc1ccnc(N2CCCC(C)C2)n1. The molecule has 1 unspecified atom stereocenters. The van der Waals surface area contributed by atoms with Gasteiger partial charge >= 0.3 is 0 Å². The van der Waals surface area contributed by atoms with Crippen molar-refractivity contribution in [2.24, 2.45) is 5.92 Å². The number of hydrogen-bond donors (Lipinski definition) is 1. The van der Waals surface area contributed by atoms with Gasteiger partial charge in [-0.2, -0.15) is 4.98 Å². The number of rotatable bonds is 4. The Morgan fingerprint density at radius 1 is 1.65 bits per heavy atom. The fourth-order valence-electron chi connectivity index (χ4n) is 2.15. The molecule has 0 saturated carbocycles. The van der Waals surface area contributed by atoms with Crippen LogP contribution in [0, 0.1) is 5.92 Å². The van der Waals surface area contributed by atoms with Crippen molar-refractivity contribution in [3.8, 4) is 0 Å². The third kappa shape index (κ3) is 3.19. The van der Waals surface area contributed by atoms with E-state index in [1.165, 1.54) is 12.8 Å². The summed E-state index contributed by atoms with van der Waals surface area (Å²) in [6.07, 6.45) is 6.18. The minimum Gasteiger partial charge on any atom is -0.366 e. The lowest BCUT2D eigenvalue weighted by atomic mass is 10.0. The van der Waals surface area contributed by atoms with Crippen LogP contribution in [0.25, 0.3) is 0 Å². The van der Waals surface area contributed by atoms with E-state index in [1.54, 1.807) is 0 Å². The highest BCUT2D eigenvalue weighted by Gasteiger charge is 2.18. The number of hydrogen-bond acceptors (Lipinski definition) is 4. The first-order chi connectivity index (χ1) is 8.29. The van der Waals surface area contributed by atoms with Crippen molar-refractivity contribution in [2.75, 3.05) is 29.9 Å². The quantitative estimate of drug-likeness (QED) is 0.809. The van der Waals surface area contributed by atoms with Crippen LogP contribution in [0.3, 0.4) is 0 Å². The van der Waals surface area contributed by atoms with Crippen LogP contribution >= 0.6 is 0 Å². The molecule has 17 heavy (non-hydrogen) atoms. The van der Waals surface area contributed by atoms with Crippen molar-refractivity contribution >= 4 is 11.8 Å². The molecule has 1 aliphatic rings.